The Labute approximate surface area is 216 Å². The smallest absolute Gasteiger partial charge is 0.343 e. The number of thioether (sulfide) groups is 1. The van der Waals surface area contributed by atoms with Crippen LogP contribution in [0.2, 0.25) is 0 Å². The summed E-state index contributed by atoms with van der Waals surface area (Å²) in [6.07, 6.45) is 3.09. The second-order valence-electron chi connectivity index (χ2n) is 7.72. The maximum Gasteiger partial charge on any atom is 0.343 e. The molecule has 1 aromatic heterocycles. The molecule has 0 saturated heterocycles. The molecular weight excluding hydrogens is 497 g/mol. The Bertz CT molecular complexity index is 1420. The maximum absolute atomic E-state index is 13.1. The van der Waals surface area contributed by atoms with E-state index >= 15 is 0 Å². The minimum absolute atomic E-state index is 0.190. The first-order valence-electron chi connectivity index (χ1n) is 11.0. The van der Waals surface area contributed by atoms with Crippen LogP contribution < -0.4 is 14.9 Å². The lowest BCUT2D eigenvalue weighted by molar-refractivity contribution is 0.0729. The van der Waals surface area contributed by atoms with Crippen molar-refractivity contribution in [2.75, 3.05) is 7.11 Å². The number of hydrazone groups is 1. The number of amides is 1. The monoisotopic (exact) mass is 519 g/mol. The molecule has 0 bridgehead atoms. The molecule has 11 heteroatoms. The van der Waals surface area contributed by atoms with Gasteiger partial charge in [0.25, 0.3) is 5.91 Å². The SMILES string of the molecule is COc1cc(C=NNC(=O)c2ccc(CSc3nncn3C)cc2)ccc1OC(=O)c1ccc(F)cc1. The van der Waals surface area contributed by atoms with Gasteiger partial charge in [-0.2, -0.15) is 5.10 Å². The molecule has 1 amide bonds. The molecule has 37 heavy (non-hydrogen) atoms. The van der Waals surface area contributed by atoms with E-state index in [1.807, 2.05) is 23.7 Å². The normalized spacial score (nSPS) is 10.9. The van der Waals surface area contributed by atoms with E-state index in [1.165, 1.54) is 37.6 Å². The number of benzene rings is 3. The van der Waals surface area contributed by atoms with Crippen LogP contribution in [0.1, 0.15) is 31.8 Å². The molecule has 0 saturated carbocycles. The lowest BCUT2D eigenvalue weighted by Crippen LogP contribution is -2.17. The minimum Gasteiger partial charge on any atom is -0.493 e. The molecule has 0 spiro atoms. The Balaban J connectivity index is 1.32. The summed E-state index contributed by atoms with van der Waals surface area (Å²) >= 11 is 1.55. The molecule has 0 aliphatic rings. The number of hydrogen-bond acceptors (Lipinski definition) is 8. The second kappa shape index (κ2) is 12.0. The van der Waals surface area contributed by atoms with Gasteiger partial charge in [0.1, 0.15) is 12.1 Å². The van der Waals surface area contributed by atoms with Crippen LogP contribution in [-0.2, 0) is 12.8 Å². The number of nitrogens with one attached hydrogen (secondary N) is 1. The van der Waals surface area contributed by atoms with Crippen LogP contribution in [0.25, 0.3) is 0 Å². The Kier molecular flexibility index (Phi) is 8.26. The van der Waals surface area contributed by atoms with E-state index in [1.54, 1.807) is 48.4 Å². The van der Waals surface area contributed by atoms with Crippen molar-refractivity contribution in [1.82, 2.24) is 20.2 Å². The van der Waals surface area contributed by atoms with E-state index in [9.17, 15) is 14.0 Å². The summed E-state index contributed by atoms with van der Waals surface area (Å²) in [5, 5.41) is 12.7. The molecule has 1 N–H and O–H groups in total. The third-order valence-corrected chi connectivity index (χ3v) is 6.21. The number of aryl methyl sites for hydroxylation is 1. The van der Waals surface area contributed by atoms with Crippen molar-refractivity contribution in [2.24, 2.45) is 12.1 Å². The van der Waals surface area contributed by atoms with Gasteiger partial charge in [-0.1, -0.05) is 23.9 Å². The van der Waals surface area contributed by atoms with Crippen molar-refractivity contribution in [3.05, 3.63) is 101 Å². The van der Waals surface area contributed by atoms with Gasteiger partial charge in [0.05, 0.1) is 18.9 Å². The van der Waals surface area contributed by atoms with E-state index in [-0.39, 0.29) is 17.2 Å². The fourth-order valence-electron chi connectivity index (χ4n) is 3.13. The highest BCUT2D eigenvalue weighted by molar-refractivity contribution is 7.98. The summed E-state index contributed by atoms with van der Waals surface area (Å²) in [6.45, 7) is 0. The van der Waals surface area contributed by atoms with E-state index in [4.69, 9.17) is 9.47 Å². The van der Waals surface area contributed by atoms with E-state index < -0.39 is 11.8 Å². The molecule has 0 fully saturated rings. The number of aromatic nitrogens is 3. The molecule has 0 unspecified atom stereocenters. The predicted octanol–water partition coefficient (Wildman–Crippen LogP) is 4.24. The van der Waals surface area contributed by atoms with Crippen LogP contribution >= 0.6 is 11.8 Å². The van der Waals surface area contributed by atoms with Gasteiger partial charge in [-0.3, -0.25) is 4.79 Å². The van der Waals surface area contributed by atoms with E-state index in [0.717, 1.165) is 10.7 Å². The van der Waals surface area contributed by atoms with Crippen molar-refractivity contribution >= 4 is 29.9 Å². The topological polar surface area (TPSA) is 108 Å². The maximum atomic E-state index is 13.1. The average molecular weight is 520 g/mol. The lowest BCUT2D eigenvalue weighted by Gasteiger charge is -2.10. The number of nitrogens with zero attached hydrogens (tertiary/aromatic N) is 4. The highest BCUT2D eigenvalue weighted by atomic mass is 32.2. The van der Waals surface area contributed by atoms with Gasteiger partial charge in [-0.05, 0) is 65.7 Å². The van der Waals surface area contributed by atoms with Crippen LogP contribution in [0.4, 0.5) is 4.39 Å². The fourth-order valence-corrected chi connectivity index (χ4v) is 3.97. The van der Waals surface area contributed by atoms with Gasteiger partial charge in [0.15, 0.2) is 16.7 Å². The molecule has 4 rings (SSSR count). The van der Waals surface area contributed by atoms with E-state index in [2.05, 4.69) is 20.7 Å². The summed E-state index contributed by atoms with van der Waals surface area (Å²) < 4.78 is 25.6. The van der Waals surface area contributed by atoms with Crippen molar-refractivity contribution < 1.29 is 23.5 Å². The first-order valence-corrected chi connectivity index (χ1v) is 12.0. The molecule has 0 radical (unpaired) electrons. The lowest BCUT2D eigenvalue weighted by atomic mass is 10.1. The largest absolute Gasteiger partial charge is 0.493 e. The first kappa shape index (κ1) is 25.6. The first-order chi connectivity index (χ1) is 17.9. The number of carbonyl (C=O) groups excluding carboxylic acids is 2. The third-order valence-electron chi connectivity index (χ3n) is 5.10. The summed E-state index contributed by atoms with van der Waals surface area (Å²) in [5.41, 5.74) is 4.80. The summed E-state index contributed by atoms with van der Waals surface area (Å²) in [6, 6.07) is 17.0. The van der Waals surface area contributed by atoms with Gasteiger partial charge in [0, 0.05) is 18.4 Å². The number of hydrogen-bond donors (Lipinski definition) is 1. The van der Waals surface area contributed by atoms with Crippen LogP contribution in [0.15, 0.2) is 83.3 Å². The molecule has 3 aromatic carbocycles. The molecule has 9 nitrogen and oxygen atoms in total. The van der Waals surface area contributed by atoms with Gasteiger partial charge in [-0.25, -0.2) is 14.6 Å². The summed E-state index contributed by atoms with van der Waals surface area (Å²) in [7, 11) is 3.31. The summed E-state index contributed by atoms with van der Waals surface area (Å²) in [4.78, 5) is 24.7. The minimum atomic E-state index is -0.648. The number of carbonyl (C=O) groups is 2. The van der Waals surface area contributed by atoms with Crippen LogP contribution in [0.3, 0.4) is 0 Å². The number of methoxy groups -OCH3 is 1. The van der Waals surface area contributed by atoms with Crippen LogP contribution in [0, 0.1) is 5.82 Å². The van der Waals surface area contributed by atoms with Crippen molar-refractivity contribution in [1.29, 1.82) is 0 Å². The molecule has 0 atom stereocenters. The molecule has 188 valence electrons. The predicted molar refractivity (Wildman–Crippen MR) is 136 cm³/mol. The quantitative estimate of drug-likeness (QED) is 0.116. The van der Waals surface area contributed by atoms with Gasteiger partial charge in [-0.15, -0.1) is 10.2 Å². The molecule has 4 aromatic rings. The Morgan fingerprint density at radius 1 is 1.05 bits per heavy atom. The van der Waals surface area contributed by atoms with Crippen molar-refractivity contribution in [2.45, 2.75) is 10.9 Å². The van der Waals surface area contributed by atoms with E-state index in [0.29, 0.717) is 22.6 Å². The van der Waals surface area contributed by atoms with Crippen LogP contribution in [0.5, 0.6) is 11.5 Å². The molecule has 0 aliphatic heterocycles. The standard InChI is InChI=1S/C26H22FN5O4S/c1-32-16-29-31-26(32)37-15-17-3-6-19(7-4-17)24(33)30-28-14-18-5-12-22(23(13-18)35-2)36-25(34)20-8-10-21(27)11-9-20/h3-14,16H,15H2,1-2H3,(H,30,33). The number of rotatable bonds is 9. The zero-order valence-corrected chi connectivity index (χ0v) is 20.7. The highest BCUT2D eigenvalue weighted by Gasteiger charge is 2.13. The summed E-state index contributed by atoms with van der Waals surface area (Å²) in [5.74, 6) is -0.277. The highest BCUT2D eigenvalue weighted by Crippen LogP contribution is 2.28. The number of esters is 1. The second-order valence-corrected chi connectivity index (χ2v) is 8.66. The van der Waals surface area contributed by atoms with Crippen LogP contribution in [-0.4, -0.2) is 40.0 Å². The zero-order valence-electron chi connectivity index (χ0n) is 19.9. The molecule has 1 heterocycles. The third kappa shape index (κ3) is 6.79. The van der Waals surface area contributed by atoms with Gasteiger partial charge >= 0.3 is 5.97 Å². The zero-order chi connectivity index (χ0) is 26.2. The molecule has 0 aliphatic carbocycles. The average Bonchev–Trinajstić information content (AvgIpc) is 3.33. The molecular formula is C26H22FN5O4S. The van der Waals surface area contributed by atoms with Gasteiger partial charge in [0.2, 0.25) is 0 Å². The van der Waals surface area contributed by atoms with Gasteiger partial charge < -0.3 is 14.0 Å². The van der Waals surface area contributed by atoms with Crippen molar-refractivity contribution in [3.63, 3.8) is 0 Å². The van der Waals surface area contributed by atoms with Crippen molar-refractivity contribution in [3.8, 4) is 11.5 Å². The number of halogens is 1. The Hall–Kier alpha value is -4.51. The number of ether oxygens (including phenoxy) is 2. The Morgan fingerprint density at radius 3 is 2.46 bits per heavy atom. The fraction of sp³-hybridized carbons (Fsp3) is 0.115. The Morgan fingerprint density at radius 2 is 1.78 bits per heavy atom.